The maximum Gasteiger partial charge on any atom is 0.416 e. The zero-order valence-electron chi connectivity index (χ0n) is 14.1. The molecule has 2 rings (SSSR count). The smallest absolute Gasteiger partial charge is 0.416 e. The average Bonchev–Trinajstić information content (AvgIpc) is 2.62. The van der Waals surface area contributed by atoms with Crippen LogP contribution in [0.3, 0.4) is 0 Å². The lowest BCUT2D eigenvalue weighted by Crippen LogP contribution is -2.30. The van der Waals surface area contributed by atoms with Gasteiger partial charge in [-0.2, -0.15) is 13.2 Å². The van der Waals surface area contributed by atoms with E-state index in [1.165, 1.54) is 12.1 Å². The lowest BCUT2D eigenvalue weighted by molar-refractivity contribution is -0.138. The fraction of sp³-hybridized carbons (Fsp3) is 0.316. The summed E-state index contributed by atoms with van der Waals surface area (Å²) in [6, 6.07) is 14.5. The second kappa shape index (κ2) is 9.82. The Morgan fingerprint density at radius 1 is 0.962 bits per heavy atom. The number of halogens is 3. The van der Waals surface area contributed by atoms with Crippen LogP contribution in [0.2, 0.25) is 0 Å². The zero-order valence-corrected chi connectivity index (χ0v) is 14.1. The van der Waals surface area contributed by atoms with Crippen LogP contribution in [0.1, 0.15) is 11.1 Å². The van der Waals surface area contributed by atoms with Crippen molar-refractivity contribution in [2.75, 3.05) is 26.4 Å². The largest absolute Gasteiger partial charge is 0.491 e. The summed E-state index contributed by atoms with van der Waals surface area (Å²) >= 11 is 0. The number of rotatable bonds is 9. The van der Waals surface area contributed by atoms with Crippen molar-refractivity contribution in [3.63, 3.8) is 0 Å². The molecule has 1 N–H and O–H groups in total. The van der Waals surface area contributed by atoms with E-state index in [-0.39, 0.29) is 37.6 Å². The molecular weight excluding hydrogens is 347 g/mol. The molecule has 1 amide bonds. The van der Waals surface area contributed by atoms with Crippen LogP contribution in [-0.2, 0) is 22.1 Å². The van der Waals surface area contributed by atoms with Crippen LogP contribution in [0.5, 0.6) is 5.75 Å². The summed E-state index contributed by atoms with van der Waals surface area (Å²) < 4.78 is 49.2. The Bertz CT molecular complexity index is 690. The van der Waals surface area contributed by atoms with Gasteiger partial charge in [-0.3, -0.25) is 4.79 Å². The van der Waals surface area contributed by atoms with Gasteiger partial charge in [0.25, 0.3) is 0 Å². The van der Waals surface area contributed by atoms with E-state index in [1.54, 1.807) is 6.07 Å². The van der Waals surface area contributed by atoms with Crippen LogP contribution >= 0.6 is 0 Å². The Kier molecular flexibility index (Phi) is 7.47. The Morgan fingerprint density at radius 3 is 2.38 bits per heavy atom. The number of ether oxygens (including phenoxy) is 2. The minimum atomic E-state index is -4.40. The van der Waals surface area contributed by atoms with Crippen molar-refractivity contribution in [2.45, 2.75) is 12.6 Å². The lowest BCUT2D eigenvalue weighted by atomic mass is 10.0. The number of alkyl halides is 3. The number of carbonyl (C=O) groups is 1. The SMILES string of the molecule is O=C(COCCOc1ccccc1)NCCc1ccccc1C(F)(F)F. The van der Waals surface area contributed by atoms with Crippen LogP contribution in [0.15, 0.2) is 54.6 Å². The fourth-order valence-corrected chi connectivity index (χ4v) is 2.30. The highest BCUT2D eigenvalue weighted by molar-refractivity contribution is 5.77. The summed E-state index contributed by atoms with van der Waals surface area (Å²) in [5.74, 6) is 0.332. The van der Waals surface area contributed by atoms with Gasteiger partial charge in [0.15, 0.2) is 0 Å². The van der Waals surface area contributed by atoms with E-state index in [1.807, 2.05) is 30.3 Å². The minimum Gasteiger partial charge on any atom is -0.491 e. The molecule has 0 saturated carbocycles. The third-order valence-electron chi connectivity index (χ3n) is 3.51. The Hall–Kier alpha value is -2.54. The highest BCUT2D eigenvalue weighted by atomic mass is 19.4. The van der Waals surface area contributed by atoms with Gasteiger partial charge in [-0.25, -0.2) is 0 Å². The molecule has 7 heteroatoms. The standard InChI is InChI=1S/C19H20F3NO3/c20-19(21,22)17-9-5-4-6-15(17)10-11-23-18(24)14-25-12-13-26-16-7-2-1-3-8-16/h1-9H,10-14H2,(H,23,24). The molecule has 140 valence electrons. The molecule has 0 aliphatic carbocycles. The Balaban J connectivity index is 1.62. The van der Waals surface area contributed by atoms with E-state index >= 15 is 0 Å². The van der Waals surface area contributed by atoms with Gasteiger partial charge >= 0.3 is 6.18 Å². The molecule has 0 aliphatic rings. The first kappa shape index (κ1) is 19.8. The van der Waals surface area contributed by atoms with Crippen molar-refractivity contribution < 1.29 is 27.4 Å². The maximum atomic E-state index is 12.9. The molecule has 2 aromatic rings. The summed E-state index contributed by atoms with van der Waals surface area (Å²) in [5, 5.41) is 2.55. The van der Waals surface area contributed by atoms with Crippen molar-refractivity contribution in [2.24, 2.45) is 0 Å². The minimum absolute atomic E-state index is 0.0958. The first-order valence-corrected chi connectivity index (χ1v) is 8.14. The van der Waals surface area contributed by atoms with Gasteiger partial charge < -0.3 is 14.8 Å². The Morgan fingerprint density at radius 2 is 1.65 bits per heavy atom. The van der Waals surface area contributed by atoms with Crippen molar-refractivity contribution >= 4 is 5.91 Å². The van der Waals surface area contributed by atoms with Gasteiger partial charge in [-0.1, -0.05) is 36.4 Å². The molecule has 0 saturated heterocycles. The average molecular weight is 367 g/mol. The van der Waals surface area contributed by atoms with Crippen LogP contribution in [0, 0.1) is 0 Å². The molecule has 0 heterocycles. The molecule has 26 heavy (non-hydrogen) atoms. The molecule has 2 aromatic carbocycles. The summed E-state index contributed by atoms with van der Waals surface area (Å²) in [7, 11) is 0. The predicted octanol–water partition coefficient (Wildman–Crippen LogP) is 3.46. The van der Waals surface area contributed by atoms with E-state index < -0.39 is 11.7 Å². The number of hydrogen-bond donors (Lipinski definition) is 1. The molecule has 0 bridgehead atoms. The molecule has 0 fully saturated rings. The summed E-state index contributed by atoms with van der Waals surface area (Å²) in [5.41, 5.74) is -0.527. The highest BCUT2D eigenvalue weighted by Crippen LogP contribution is 2.31. The van der Waals surface area contributed by atoms with Gasteiger partial charge in [0, 0.05) is 6.54 Å². The lowest BCUT2D eigenvalue weighted by Gasteiger charge is -2.13. The monoisotopic (exact) mass is 367 g/mol. The maximum absolute atomic E-state index is 12.9. The van der Waals surface area contributed by atoms with E-state index in [0.29, 0.717) is 12.4 Å². The topological polar surface area (TPSA) is 47.6 Å². The number of para-hydroxylation sites is 1. The van der Waals surface area contributed by atoms with Gasteiger partial charge in [0.1, 0.15) is 19.0 Å². The van der Waals surface area contributed by atoms with E-state index in [2.05, 4.69) is 5.32 Å². The van der Waals surface area contributed by atoms with Crippen molar-refractivity contribution in [1.29, 1.82) is 0 Å². The molecule has 0 atom stereocenters. The van der Waals surface area contributed by atoms with Gasteiger partial charge in [-0.15, -0.1) is 0 Å². The number of nitrogens with one attached hydrogen (secondary N) is 1. The second-order valence-corrected chi connectivity index (χ2v) is 5.47. The molecule has 4 nitrogen and oxygen atoms in total. The van der Waals surface area contributed by atoms with E-state index in [4.69, 9.17) is 9.47 Å². The molecule has 0 aliphatic heterocycles. The number of hydrogen-bond acceptors (Lipinski definition) is 3. The first-order valence-electron chi connectivity index (χ1n) is 8.14. The highest BCUT2D eigenvalue weighted by Gasteiger charge is 2.32. The molecular formula is C19H20F3NO3. The van der Waals surface area contributed by atoms with E-state index in [9.17, 15) is 18.0 Å². The number of carbonyl (C=O) groups excluding carboxylic acids is 1. The van der Waals surface area contributed by atoms with E-state index in [0.717, 1.165) is 6.07 Å². The third kappa shape index (κ3) is 6.76. The zero-order chi connectivity index (χ0) is 18.8. The van der Waals surface area contributed by atoms with Crippen molar-refractivity contribution in [1.82, 2.24) is 5.32 Å². The van der Waals surface area contributed by atoms with Gasteiger partial charge in [-0.05, 0) is 30.2 Å². The third-order valence-corrected chi connectivity index (χ3v) is 3.51. The normalized spacial score (nSPS) is 11.2. The van der Waals surface area contributed by atoms with Gasteiger partial charge in [0.2, 0.25) is 5.91 Å². The number of amides is 1. The number of benzene rings is 2. The quantitative estimate of drug-likeness (QED) is 0.691. The van der Waals surface area contributed by atoms with Crippen LogP contribution in [0.25, 0.3) is 0 Å². The first-order chi connectivity index (χ1) is 12.5. The summed E-state index contributed by atoms with van der Waals surface area (Å²) in [6.07, 6.45) is -4.30. The predicted molar refractivity (Wildman–Crippen MR) is 90.9 cm³/mol. The summed E-state index contributed by atoms with van der Waals surface area (Å²) in [4.78, 5) is 11.6. The van der Waals surface area contributed by atoms with Crippen LogP contribution in [-0.4, -0.2) is 32.3 Å². The van der Waals surface area contributed by atoms with Crippen LogP contribution in [0.4, 0.5) is 13.2 Å². The Labute approximate surface area is 149 Å². The fourth-order valence-electron chi connectivity index (χ4n) is 2.30. The van der Waals surface area contributed by atoms with Crippen molar-refractivity contribution in [3.05, 3.63) is 65.7 Å². The molecule has 0 unspecified atom stereocenters. The van der Waals surface area contributed by atoms with Crippen molar-refractivity contribution in [3.8, 4) is 5.75 Å². The summed E-state index contributed by atoms with van der Waals surface area (Å²) in [6.45, 7) is 0.477. The molecule has 0 radical (unpaired) electrons. The molecule has 0 aromatic heterocycles. The molecule has 0 spiro atoms. The van der Waals surface area contributed by atoms with Crippen LogP contribution < -0.4 is 10.1 Å². The van der Waals surface area contributed by atoms with Gasteiger partial charge in [0.05, 0.1) is 12.2 Å². The second-order valence-electron chi connectivity index (χ2n) is 5.47.